The number of amides is 1. The van der Waals surface area contributed by atoms with Crippen LogP contribution in [0.15, 0.2) is 34.9 Å². The second-order valence-electron chi connectivity index (χ2n) is 6.50. The number of nitrogens with zero attached hydrogens (tertiary/aromatic N) is 3. The molecule has 1 aromatic heterocycles. The fourth-order valence-electron chi connectivity index (χ4n) is 3.26. The average Bonchev–Trinajstić information content (AvgIpc) is 3.35. The molecule has 0 bridgehead atoms. The summed E-state index contributed by atoms with van der Waals surface area (Å²) in [6.07, 6.45) is 3.62. The molecule has 1 aliphatic heterocycles. The Morgan fingerprint density at radius 3 is 2.83 bits per heavy atom. The second kappa shape index (κ2) is 6.57. The van der Waals surface area contributed by atoms with E-state index in [1.54, 1.807) is 12.1 Å². The molecule has 1 aromatic carbocycles. The summed E-state index contributed by atoms with van der Waals surface area (Å²) in [4.78, 5) is 17.1. The molecule has 1 amide bonds. The first kappa shape index (κ1) is 15.7. The molecule has 126 valence electrons. The summed E-state index contributed by atoms with van der Waals surface area (Å²) in [5, 5.41) is 4.66. The second-order valence-corrected chi connectivity index (χ2v) is 6.94. The molecule has 1 aliphatic carbocycles. The van der Waals surface area contributed by atoms with Crippen LogP contribution in [0.3, 0.4) is 0 Å². The van der Waals surface area contributed by atoms with Gasteiger partial charge in [0, 0.05) is 48.9 Å². The molecule has 2 heterocycles. The maximum absolute atomic E-state index is 12.7. The number of rotatable bonds is 3. The standard InChI is InChI=1S/C18H20ClN3O2/c19-14-4-1-3-13(11-14)16-12-17(24-20-16)18(23)22-8-2-7-21(9-10-22)15-5-6-15/h1,3-4,11-12,15H,2,5-10H2. The Hall–Kier alpha value is -1.85. The van der Waals surface area contributed by atoms with Gasteiger partial charge in [0.2, 0.25) is 5.76 Å². The van der Waals surface area contributed by atoms with E-state index in [9.17, 15) is 4.79 Å². The first-order chi connectivity index (χ1) is 11.7. The highest BCUT2D eigenvalue weighted by atomic mass is 35.5. The summed E-state index contributed by atoms with van der Waals surface area (Å²) in [6.45, 7) is 3.56. The highest BCUT2D eigenvalue weighted by Gasteiger charge is 2.31. The van der Waals surface area contributed by atoms with Crippen LogP contribution < -0.4 is 0 Å². The van der Waals surface area contributed by atoms with Crippen molar-refractivity contribution >= 4 is 17.5 Å². The van der Waals surface area contributed by atoms with Crippen LogP contribution in [0.1, 0.15) is 29.8 Å². The van der Waals surface area contributed by atoms with Crippen molar-refractivity contribution in [2.45, 2.75) is 25.3 Å². The van der Waals surface area contributed by atoms with Gasteiger partial charge in [-0.15, -0.1) is 0 Å². The van der Waals surface area contributed by atoms with Gasteiger partial charge < -0.3 is 9.42 Å². The van der Waals surface area contributed by atoms with Crippen molar-refractivity contribution in [2.24, 2.45) is 0 Å². The Balaban J connectivity index is 1.46. The van der Waals surface area contributed by atoms with Crippen molar-refractivity contribution in [1.82, 2.24) is 15.0 Å². The minimum Gasteiger partial charge on any atom is -0.350 e. The smallest absolute Gasteiger partial charge is 0.292 e. The normalized spacial score (nSPS) is 19.3. The summed E-state index contributed by atoms with van der Waals surface area (Å²) < 4.78 is 5.30. The lowest BCUT2D eigenvalue weighted by Crippen LogP contribution is -2.35. The summed E-state index contributed by atoms with van der Waals surface area (Å²) >= 11 is 6.01. The van der Waals surface area contributed by atoms with E-state index in [4.69, 9.17) is 16.1 Å². The van der Waals surface area contributed by atoms with Gasteiger partial charge in [-0.25, -0.2) is 0 Å². The minimum absolute atomic E-state index is 0.0755. The lowest BCUT2D eigenvalue weighted by atomic mass is 10.1. The Kier molecular flexibility index (Phi) is 4.29. The van der Waals surface area contributed by atoms with Gasteiger partial charge in [-0.2, -0.15) is 0 Å². The zero-order valence-corrected chi connectivity index (χ0v) is 14.2. The predicted octanol–water partition coefficient (Wildman–Crippen LogP) is 3.31. The van der Waals surface area contributed by atoms with Crippen molar-refractivity contribution in [2.75, 3.05) is 26.2 Å². The molecule has 0 radical (unpaired) electrons. The Labute approximate surface area is 146 Å². The summed E-state index contributed by atoms with van der Waals surface area (Å²) in [5.74, 6) is 0.221. The zero-order chi connectivity index (χ0) is 16.5. The van der Waals surface area contributed by atoms with Crippen LogP contribution in [0.5, 0.6) is 0 Å². The fourth-order valence-corrected chi connectivity index (χ4v) is 3.45. The maximum Gasteiger partial charge on any atom is 0.292 e. The number of carbonyl (C=O) groups is 1. The molecule has 6 heteroatoms. The van der Waals surface area contributed by atoms with E-state index in [2.05, 4.69) is 10.1 Å². The van der Waals surface area contributed by atoms with E-state index < -0.39 is 0 Å². The van der Waals surface area contributed by atoms with E-state index in [1.165, 1.54) is 12.8 Å². The van der Waals surface area contributed by atoms with Gasteiger partial charge in [-0.05, 0) is 31.4 Å². The van der Waals surface area contributed by atoms with Crippen LogP contribution in [-0.2, 0) is 0 Å². The molecular weight excluding hydrogens is 326 g/mol. The van der Waals surface area contributed by atoms with Crippen molar-refractivity contribution in [3.63, 3.8) is 0 Å². The van der Waals surface area contributed by atoms with E-state index in [1.807, 2.05) is 23.1 Å². The summed E-state index contributed by atoms with van der Waals surface area (Å²) in [7, 11) is 0. The molecular formula is C18H20ClN3O2. The van der Waals surface area contributed by atoms with Gasteiger partial charge in [-0.3, -0.25) is 9.69 Å². The third-order valence-corrected chi connectivity index (χ3v) is 4.96. The topological polar surface area (TPSA) is 49.6 Å². The van der Waals surface area contributed by atoms with Gasteiger partial charge >= 0.3 is 0 Å². The van der Waals surface area contributed by atoms with Gasteiger partial charge in [0.05, 0.1) is 0 Å². The quantitative estimate of drug-likeness (QED) is 0.856. The monoisotopic (exact) mass is 345 g/mol. The van der Waals surface area contributed by atoms with Crippen LogP contribution in [0, 0.1) is 0 Å². The predicted molar refractivity (Wildman–Crippen MR) is 92.1 cm³/mol. The lowest BCUT2D eigenvalue weighted by Gasteiger charge is -2.20. The molecule has 2 aromatic rings. The molecule has 0 N–H and O–H groups in total. The number of halogens is 1. The van der Waals surface area contributed by atoms with Crippen molar-refractivity contribution in [3.05, 3.63) is 41.1 Å². The van der Waals surface area contributed by atoms with Crippen LogP contribution in [0.25, 0.3) is 11.3 Å². The number of hydrogen-bond donors (Lipinski definition) is 0. The van der Waals surface area contributed by atoms with Gasteiger partial charge in [-0.1, -0.05) is 28.9 Å². The minimum atomic E-state index is -0.0755. The first-order valence-electron chi connectivity index (χ1n) is 8.47. The molecule has 24 heavy (non-hydrogen) atoms. The maximum atomic E-state index is 12.7. The third kappa shape index (κ3) is 3.32. The van der Waals surface area contributed by atoms with Crippen molar-refractivity contribution in [3.8, 4) is 11.3 Å². The van der Waals surface area contributed by atoms with Crippen LogP contribution in [-0.4, -0.2) is 53.1 Å². The highest BCUT2D eigenvalue weighted by molar-refractivity contribution is 6.30. The zero-order valence-electron chi connectivity index (χ0n) is 13.4. The highest BCUT2D eigenvalue weighted by Crippen LogP contribution is 2.28. The number of hydrogen-bond acceptors (Lipinski definition) is 4. The number of aromatic nitrogens is 1. The number of benzene rings is 1. The fraction of sp³-hybridized carbons (Fsp3) is 0.444. The van der Waals surface area contributed by atoms with Crippen molar-refractivity contribution < 1.29 is 9.32 Å². The molecule has 2 fully saturated rings. The van der Waals surface area contributed by atoms with E-state index in [-0.39, 0.29) is 5.91 Å². The molecule has 5 nitrogen and oxygen atoms in total. The van der Waals surface area contributed by atoms with E-state index >= 15 is 0 Å². The summed E-state index contributed by atoms with van der Waals surface area (Å²) in [6, 6.07) is 9.83. The Morgan fingerprint density at radius 1 is 1.17 bits per heavy atom. The van der Waals surface area contributed by atoms with E-state index in [0.717, 1.165) is 44.2 Å². The third-order valence-electron chi connectivity index (χ3n) is 4.72. The Morgan fingerprint density at radius 2 is 2.04 bits per heavy atom. The molecule has 1 saturated carbocycles. The molecule has 2 aliphatic rings. The van der Waals surface area contributed by atoms with Gasteiger partial charge in [0.15, 0.2) is 0 Å². The lowest BCUT2D eigenvalue weighted by molar-refractivity contribution is 0.0719. The average molecular weight is 346 g/mol. The molecule has 0 atom stereocenters. The van der Waals surface area contributed by atoms with Crippen molar-refractivity contribution in [1.29, 1.82) is 0 Å². The van der Waals surface area contributed by atoms with Crippen LogP contribution in [0.4, 0.5) is 0 Å². The first-order valence-corrected chi connectivity index (χ1v) is 8.84. The van der Waals surface area contributed by atoms with E-state index in [0.29, 0.717) is 16.5 Å². The van der Waals surface area contributed by atoms with Crippen LogP contribution >= 0.6 is 11.6 Å². The molecule has 4 rings (SSSR count). The molecule has 0 spiro atoms. The largest absolute Gasteiger partial charge is 0.350 e. The summed E-state index contributed by atoms with van der Waals surface area (Å²) in [5.41, 5.74) is 1.48. The Bertz CT molecular complexity index is 741. The number of carbonyl (C=O) groups excluding carboxylic acids is 1. The molecule has 1 saturated heterocycles. The molecule has 0 unspecified atom stereocenters. The van der Waals surface area contributed by atoms with Gasteiger partial charge in [0.1, 0.15) is 5.69 Å². The SMILES string of the molecule is O=C(c1cc(-c2cccc(Cl)c2)no1)N1CCCN(C2CC2)CC1. The van der Waals surface area contributed by atoms with Gasteiger partial charge in [0.25, 0.3) is 5.91 Å². The van der Waals surface area contributed by atoms with Crippen LogP contribution in [0.2, 0.25) is 5.02 Å².